The van der Waals surface area contributed by atoms with Crippen LogP contribution in [0.1, 0.15) is 5.56 Å². The average molecular weight is 514 g/mol. The van der Waals surface area contributed by atoms with Crippen LogP contribution in [0.25, 0.3) is 16.8 Å². The largest absolute Gasteiger partial charge is 0.323 e. The molecule has 0 bridgehead atoms. The number of anilines is 2. The number of pyridine rings is 1. The number of hydrogen-bond donors (Lipinski definition) is 3. The lowest BCUT2D eigenvalue weighted by Gasteiger charge is -2.41. The first-order valence-electron chi connectivity index (χ1n) is 11.1. The molecule has 2 aromatic carbocycles. The maximum absolute atomic E-state index is 11.8. The van der Waals surface area contributed by atoms with Gasteiger partial charge in [-0.25, -0.2) is 12.9 Å². The second-order valence-corrected chi connectivity index (χ2v) is 13.2. The second-order valence-electron chi connectivity index (χ2n) is 8.73. The molecule has 1 fully saturated rings. The lowest BCUT2D eigenvalue weighted by atomic mass is 10.1. The number of nitrogens with one attached hydrogen (secondary N) is 1. The summed E-state index contributed by atoms with van der Waals surface area (Å²) in [5.41, 5.74) is 4.33. The zero-order valence-corrected chi connectivity index (χ0v) is 20.8. The molecule has 0 radical (unpaired) electrons. The molecule has 0 spiro atoms. The fraction of sp³-hybridized carbons (Fsp3) is 0.250. The molecule has 0 saturated carbocycles. The van der Waals surface area contributed by atoms with E-state index in [9.17, 15) is 17.5 Å². The molecule has 0 amide bonds. The van der Waals surface area contributed by atoms with E-state index in [0.29, 0.717) is 36.2 Å². The van der Waals surface area contributed by atoms with Crippen LogP contribution in [0.5, 0.6) is 0 Å². The molecule has 1 aliphatic rings. The summed E-state index contributed by atoms with van der Waals surface area (Å²) in [5.74, 6) is 1.31. The lowest BCUT2D eigenvalue weighted by molar-refractivity contribution is 0.278. The van der Waals surface area contributed by atoms with E-state index in [0.717, 1.165) is 28.9 Å². The number of benzene rings is 2. The van der Waals surface area contributed by atoms with E-state index >= 15 is 0 Å². The topological polar surface area (TPSA) is 120 Å². The first-order chi connectivity index (χ1) is 16.7. The summed E-state index contributed by atoms with van der Waals surface area (Å²) in [6.07, 6.45) is 3.01. The highest BCUT2D eigenvalue weighted by atomic mass is 32.3. The summed E-state index contributed by atoms with van der Waals surface area (Å²) >= 11 is 0. The Balaban J connectivity index is 1.35. The van der Waals surface area contributed by atoms with Crippen LogP contribution in [0.4, 0.5) is 11.6 Å². The van der Waals surface area contributed by atoms with Gasteiger partial charge in [0.25, 0.3) is 0 Å². The number of sulfone groups is 1. The van der Waals surface area contributed by atoms with Crippen LogP contribution in [0.15, 0.2) is 71.8 Å². The smallest absolute Gasteiger partial charge is 0.247 e. The van der Waals surface area contributed by atoms with E-state index < -0.39 is 20.4 Å². The van der Waals surface area contributed by atoms with Crippen molar-refractivity contribution >= 4 is 37.7 Å². The van der Waals surface area contributed by atoms with Gasteiger partial charge in [-0.1, -0.05) is 24.3 Å². The quantitative estimate of drug-likeness (QED) is 0.352. The van der Waals surface area contributed by atoms with Gasteiger partial charge in [-0.3, -0.25) is 14.0 Å². The lowest BCUT2D eigenvalue weighted by Crippen LogP contribution is -2.37. The van der Waals surface area contributed by atoms with Crippen molar-refractivity contribution in [2.75, 3.05) is 36.2 Å². The fourth-order valence-electron chi connectivity index (χ4n) is 4.12. The fourth-order valence-corrected chi connectivity index (χ4v) is 6.06. The Bertz CT molecular complexity index is 1460. The minimum absolute atomic E-state index is 0.273. The molecular weight excluding hydrogens is 486 g/mol. The summed E-state index contributed by atoms with van der Waals surface area (Å²) in [5, 5.41) is 7.82. The molecule has 2 aromatic heterocycles. The van der Waals surface area contributed by atoms with Gasteiger partial charge in [0.05, 0.1) is 16.4 Å². The monoisotopic (exact) mass is 513 g/mol. The SMILES string of the molecule is CS(=O)(=O)c1ccc(-c2cccn3nc(Nc4cccc(CN5CCS(O)(O)CC5)c4)nc23)cc1. The Hall–Kier alpha value is -2.96. The summed E-state index contributed by atoms with van der Waals surface area (Å²) in [6, 6.07) is 18.6. The van der Waals surface area contributed by atoms with Crippen LogP contribution < -0.4 is 5.32 Å². The highest BCUT2D eigenvalue weighted by Gasteiger charge is 2.22. The summed E-state index contributed by atoms with van der Waals surface area (Å²) < 4.78 is 44.9. The summed E-state index contributed by atoms with van der Waals surface area (Å²) in [6.45, 7) is 2.07. The molecule has 184 valence electrons. The highest BCUT2D eigenvalue weighted by Crippen LogP contribution is 2.40. The Morgan fingerprint density at radius 1 is 1.03 bits per heavy atom. The molecule has 3 heterocycles. The van der Waals surface area contributed by atoms with E-state index in [4.69, 9.17) is 0 Å². The van der Waals surface area contributed by atoms with Crippen molar-refractivity contribution in [3.8, 4) is 11.1 Å². The van der Waals surface area contributed by atoms with Crippen molar-refractivity contribution in [1.29, 1.82) is 0 Å². The molecule has 3 N–H and O–H groups in total. The summed E-state index contributed by atoms with van der Waals surface area (Å²) in [7, 11) is -5.66. The maximum Gasteiger partial charge on any atom is 0.247 e. The van der Waals surface area contributed by atoms with Gasteiger partial charge >= 0.3 is 0 Å². The first-order valence-corrected chi connectivity index (χ1v) is 14.9. The van der Waals surface area contributed by atoms with Gasteiger partial charge in [-0.15, -0.1) is 5.10 Å². The summed E-state index contributed by atoms with van der Waals surface area (Å²) in [4.78, 5) is 7.17. The Morgan fingerprint density at radius 2 is 1.77 bits per heavy atom. The predicted octanol–water partition coefficient (Wildman–Crippen LogP) is 4.11. The maximum atomic E-state index is 11.8. The van der Waals surface area contributed by atoms with Gasteiger partial charge in [0.15, 0.2) is 15.5 Å². The van der Waals surface area contributed by atoms with Crippen molar-refractivity contribution in [1.82, 2.24) is 19.5 Å². The van der Waals surface area contributed by atoms with Crippen LogP contribution in [0.3, 0.4) is 0 Å². The van der Waals surface area contributed by atoms with Crippen molar-refractivity contribution in [2.45, 2.75) is 11.4 Å². The van der Waals surface area contributed by atoms with Crippen molar-refractivity contribution in [2.24, 2.45) is 0 Å². The first kappa shape index (κ1) is 23.8. The Kier molecular flexibility index (Phi) is 6.28. The molecule has 1 aliphatic heterocycles. The molecule has 0 unspecified atom stereocenters. The minimum Gasteiger partial charge on any atom is -0.323 e. The van der Waals surface area contributed by atoms with E-state index in [2.05, 4.69) is 20.3 Å². The molecule has 1 saturated heterocycles. The van der Waals surface area contributed by atoms with Crippen LogP contribution >= 0.6 is 10.6 Å². The van der Waals surface area contributed by atoms with E-state index in [1.165, 1.54) is 6.26 Å². The second kappa shape index (κ2) is 9.25. The third kappa shape index (κ3) is 5.49. The number of fused-ring (bicyclic) bond motifs is 1. The molecule has 11 heteroatoms. The molecule has 9 nitrogen and oxygen atoms in total. The van der Waals surface area contributed by atoms with Gasteiger partial charge in [-0.05, 0) is 47.5 Å². The molecule has 0 atom stereocenters. The zero-order valence-electron chi connectivity index (χ0n) is 19.2. The van der Waals surface area contributed by atoms with Gasteiger partial charge in [0, 0.05) is 43.3 Å². The molecule has 35 heavy (non-hydrogen) atoms. The highest BCUT2D eigenvalue weighted by molar-refractivity contribution is 8.24. The predicted molar refractivity (Wildman–Crippen MR) is 139 cm³/mol. The van der Waals surface area contributed by atoms with Crippen molar-refractivity contribution in [3.63, 3.8) is 0 Å². The minimum atomic E-state index is -3.26. The van der Waals surface area contributed by atoms with Gasteiger partial charge in [-0.2, -0.15) is 15.6 Å². The van der Waals surface area contributed by atoms with E-state index in [-0.39, 0.29) is 4.90 Å². The van der Waals surface area contributed by atoms with Crippen LogP contribution in [-0.4, -0.2) is 67.9 Å². The third-order valence-electron chi connectivity index (χ3n) is 6.01. The van der Waals surface area contributed by atoms with Crippen molar-refractivity contribution in [3.05, 3.63) is 72.4 Å². The van der Waals surface area contributed by atoms with Gasteiger partial charge in [0.1, 0.15) is 0 Å². The van der Waals surface area contributed by atoms with Crippen molar-refractivity contribution < 1.29 is 17.5 Å². The Morgan fingerprint density at radius 3 is 2.49 bits per heavy atom. The number of aromatic nitrogens is 3. The van der Waals surface area contributed by atoms with Crippen LogP contribution in [-0.2, 0) is 16.4 Å². The number of rotatable bonds is 6. The van der Waals surface area contributed by atoms with E-state index in [1.807, 2.05) is 42.6 Å². The van der Waals surface area contributed by atoms with Crippen LogP contribution in [0, 0.1) is 0 Å². The van der Waals surface area contributed by atoms with Crippen LogP contribution in [0.2, 0.25) is 0 Å². The normalized spacial score (nSPS) is 17.3. The molecule has 4 aromatic rings. The van der Waals surface area contributed by atoms with E-state index in [1.54, 1.807) is 28.8 Å². The standard InChI is InChI=1S/C24H27N5O4S2/c1-34(30,31)21-9-7-19(8-10-21)22-6-3-11-29-23(22)26-24(27-29)25-20-5-2-4-18(16-20)17-28-12-14-35(32,33)15-13-28/h2-11,16,32-33H,12-15,17H2,1H3,(H,25,27). The van der Waals surface area contributed by atoms with Gasteiger partial charge < -0.3 is 5.32 Å². The average Bonchev–Trinajstić information content (AvgIpc) is 3.23. The number of nitrogens with zero attached hydrogens (tertiary/aromatic N) is 4. The van der Waals surface area contributed by atoms with Gasteiger partial charge in [0.2, 0.25) is 5.95 Å². The molecule has 0 aliphatic carbocycles. The molecule has 5 rings (SSSR count). The third-order valence-corrected chi connectivity index (χ3v) is 8.82. The number of hydrogen-bond acceptors (Lipinski definition) is 8. The zero-order chi connectivity index (χ0) is 24.6. The molecular formula is C24H27N5O4S2. The Labute approximate surface area is 205 Å².